The Kier molecular flexibility index (Phi) is 14.7. The number of aliphatic hydroxyl groups is 1. The summed E-state index contributed by atoms with van der Waals surface area (Å²) in [7, 11) is 0. The molecule has 0 bridgehead atoms. The molecule has 13 heteroatoms. The SMILES string of the molecule is CC(=O)O[C@@H]1[C@@H](OC(C)=O)[C@H](O)O[C@H](COC2C[C@@H](OCc3ccccc3)[C@H](OCc3ccccc3)[C@@H](COCc3ccccc3)O2)[C@H]1OC(C)=O. The maximum Gasteiger partial charge on any atom is 0.303 e. The van der Waals surface area contributed by atoms with E-state index >= 15 is 0 Å². The molecule has 1 unspecified atom stereocenters. The molecule has 0 radical (unpaired) electrons. The molecule has 0 aliphatic carbocycles. The monoisotopic (exact) mass is 722 g/mol. The summed E-state index contributed by atoms with van der Waals surface area (Å²) in [6.45, 7) is 4.26. The summed E-state index contributed by atoms with van der Waals surface area (Å²) in [6, 6.07) is 29.3. The molecule has 5 rings (SSSR count). The van der Waals surface area contributed by atoms with Crippen LogP contribution in [-0.2, 0) is 76.8 Å². The number of carbonyl (C=O) groups excluding carboxylic acids is 3. The summed E-state index contributed by atoms with van der Waals surface area (Å²) in [5, 5.41) is 10.8. The number of ether oxygens (including phenoxy) is 9. The van der Waals surface area contributed by atoms with Gasteiger partial charge in [-0.15, -0.1) is 0 Å². The lowest BCUT2D eigenvalue weighted by molar-refractivity contribution is -0.316. The Labute approximate surface area is 302 Å². The molecular formula is C39H46O13. The summed E-state index contributed by atoms with van der Waals surface area (Å²) in [4.78, 5) is 36.1. The molecule has 52 heavy (non-hydrogen) atoms. The van der Waals surface area contributed by atoms with Crippen LogP contribution in [0.1, 0.15) is 43.9 Å². The largest absolute Gasteiger partial charge is 0.456 e. The van der Waals surface area contributed by atoms with Gasteiger partial charge in [-0.25, -0.2) is 0 Å². The van der Waals surface area contributed by atoms with Gasteiger partial charge >= 0.3 is 17.9 Å². The van der Waals surface area contributed by atoms with Crippen molar-refractivity contribution in [2.75, 3.05) is 13.2 Å². The van der Waals surface area contributed by atoms with Crippen molar-refractivity contribution in [1.82, 2.24) is 0 Å². The molecule has 2 saturated heterocycles. The third kappa shape index (κ3) is 11.7. The van der Waals surface area contributed by atoms with Crippen LogP contribution in [0.15, 0.2) is 91.0 Å². The van der Waals surface area contributed by atoms with E-state index in [1.54, 1.807) is 0 Å². The van der Waals surface area contributed by atoms with Crippen LogP contribution in [0.25, 0.3) is 0 Å². The van der Waals surface area contributed by atoms with E-state index in [-0.39, 0.29) is 19.6 Å². The predicted molar refractivity (Wildman–Crippen MR) is 183 cm³/mol. The van der Waals surface area contributed by atoms with Gasteiger partial charge in [0.05, 0.1) is 39.1 Å². The third-order valence-corrected chi connectivity index (χ3v) is 8.43. The highest BCUT2D eigenvalue weighted by atomic mass is 16.7. The average Bonchev–Trinajstić information content (AvgIpc) is 3.13. The van der Waals surface area contributed by atoms with Crippen molar-refractivity contribution in [3.8, 4) is 0 Å². The summed E-state index contributed by atoms with van der Waals surface area (Å²) < 4.78 is 53.7. The lowest BCUT2D eigenvalue weighted by Gasteiger charge is -2.44. The van der Waals surface area contributed by atoms with Crippen molar-refractivity contribution in [1.29, 1.82) is 0 Å². The van der Waals surface area contributed by atoms with Crippen molar-refractivity contribution in [3.63, 3.8) is 0 Å². The van der Waals surface area contributed by atoms with Gasteiger partial charge in [-0.2, -0.15) is 0 Å². The minimum atomic E-state index is -1.72. The Balaban J connectivity index is 1.36. The molecule has 0 aromatic heterocycles. The Morgan fingerprint density at radius 3 is 1.62 bits per heavy atom. The second kappa shape index (κ2) is 19.6. The highest BCUT2D eigenvalue weighted by Gasteiger charge is 2.52. The number of rotatable bonds is 16. The number of carbonyl (C=O) groups is 3. The van der Waals surface area contributed by atoms with Gasteiger partial charge in [-0.1, -0.05) is 91.0 Å². The zero-order chi connectivity index (χ0) is 36.9. The van der Waals surface area contributed by atoms with Crippen molar-refractivity contribution >= 4 is 17.9 Å². The fourth-order valence-corrected chi connectivity index (χ4v) is 6.13. The van der Waals surface area contributed by atoms with E-state index in [4.69, 9.17) is 42.6 Å². The van der Waals surface area contributed by atoms with Crippen molar-refractivity contribution in [2.45, 2.75) is 102 Å². The lowest BCUT2D eigenvalue weighted by Crippen LogP contribution is -2.62. The molecule has 0 spiro atoms. The minimum Gasteiger partial charge on any atom is -0.456 e. The Morgan fingerprint density at radius 1 is 0.577 bits per heavy atom. The van der Waals surface area contributed by atoms with Crippen LogP contribution >= 0.6 is 0 Å². The van der Waals surface area contributed by atoms with E-state index in [2.05, 4.69) is 0 Å². The van der Waals surface area contributed by atoms with E-state index in [1.807, 2.05) is 91.0 Å². The Hall–Kier alpha value is -4.21. The smallest absolute Gasteiger partial charge is 0.303 e. The van der Waals surface area contributed by atoms with Gasteiger partial charge in [0.1, 0.15) is 18.3 Å². The first-order valence-electron chi connectivity index (χ1n) is 17.2. The van der Waals surface area contributed by atoms with Crippen LogP contribution in [0.5, 0.6) is 0 Å². The van der Waals surface area contributed by atoms with Gasteiger partial charge in [-0.3, -0.25) is 14.4 Å². The standard InChI is InChI=1S/C39H46O13/c1-25(40)48-36-33(52-39(43)38(50-27(3)42)37(36)49-26(2)41)24-46-34-19-31(45-21-29-15-9-5-10-16-29)35(47-22-30-17-11-6-12-18-30)32(51-34)23-44-20-28-13-7-4-8-14-28/h4-18,31-39,43H,19-24H2,1-3H3/t31-,32-,33-,34?,35+,36-,37+,38-,39-/m1/s1. The number of esters is 3. The number of aliphatic hydroxyl groups excluding tert-OH is 1. The molecule has 3 aromatic carbocycles. The zero-order valence-corrected chi connectivity index (χ0v) is 29.4. The van der Waals surface area contributed by atoms with Crippen molar-refractivity contribution in [3.05, 3.63) is 108 Å². The van der Waals surface area contributed by atoms with Crippen LogP contribution in [0.3, 0.4) is 0 Å². The van der Waals surface area contributed by atoms with Crippen LogP contribution in [0.4, 0.5) is 0 Å². The second-order valence-corrected chi connectivity index (χ2v) is 12.6. The zero-order valence-electron chi connectivity index (χ0n) is 29.4. The molecule has 1 N–H and O–H groups in total. The topological polar surface area (TPSA) is 155 Å². The molecule has 2 aliphatic heterocycles. The molecule has 3 aromatic rings. The molecule has 280 valence electrons. The first-order valence-corrected chi connectivity index (χ1v) is 17.2. The predicted octanol–water partition coefficient (Wildman–Crippen LogP) is 4.02. The Bertz CT molecular complexity index is 1540. The molecule has 0 saturated carbocycles. The van der Waals surface area contributed by atoms with E-state index in [0.29, 0.717) is 19.8 Å². The van der Waals surface area contributed by atoms with E-state index in [1.165, 1.54) is 6.92 Å². The lowest BCUT2D eigenvalue weighted by atomic mass is 9.98. The van der Waals surface area contributed by atoms with Crippen LogP contribution in [0.2, 0.25) is 0 Å². The van der Waals surface area contributed by atoms with Gasteiger partial charge in [0.25, 0.3) is 0 Å². The van der Waals surface area contributed by atoms with Gasteiger partial charge in [0, 0.05) is 27.2 Å². The van der Waals surface area contributed by atoms with Gasteiger partial charge in [0.15, 0.2) is 30.9 Å². The highest BCUT2D eigenvalue weighted by molar-refractivity contribution is 5.68. The van der Waals surface area contributed by atoms with Gasteiger partial charge in [0.2, 0.25) is 0 Å². The summed E-state index contributed by atoms with van der Waals surface area (Å²) in [5.41, 5.74) is 2.94. The fraction of sp³-hybridized carbons (Fsp3) is 0.462. The number of hydrogen-bond acceptors (Lipinski definition) is 13. The minimum absolute atomic E-state index is 0.146. The maximum absolute atomic E-state index is 12.2. The maximum atomic E-state index is 12.2. The quantitative estimate of drug-likeness (QED) is 0.167. The Morgan fingerprint density at radius 2 is 1.06 bits per heavy atom. The van der Waals surface area contributed by atoms with E-state index < -0.39 is 73.2 Å². The first-order chi connectivity index (χ1) is 25.2. The van der Waals surface area contributed by atoms with Crippen LogP contribution in [0, 0.1) is 0 Å². The number of hydrogen-bond donors (Lipinski definition) is 1. The van der Waals surface area contributed by atoms with Gasteiger partial charge < -0.3 is 47.7 Å². The molecule has 13 nitrogen and oxygen atoms in total. The van der Waals surface area contributed by atoms with E-state index in [9.17, 15) is 19.5 Å². The van der Waals surface area contributed by atoms with Crippen LogP contribution in [-0.4, -0.2) is 91.5 Å². The molecule has 0 amide bonds. The highest BCUT2D eigenvalue weighted by Crippen LogP contribution is 2.32. The normalized spacial score (nSPS) is 27.3. The number of benzene rings is 3. The van der Waals surface area contributed by atoms with E-state index in [0.717, 1.165) is 30.5 Å². The summed E-state index contributed by atoms with van der Waals surface area (Å²) in [6.07, 6.45) is -9.38. The summed E-state index contributed by atoms with van der Waals surface area (Å²) in [5.74, 6) is -2.23. The first kappa shape index (κ1) is 39.0. The second-order valence-electron chi connectivity index (χ2n) is 12.6. The van der Waals surface area contributed by atoms with Crippen LogP contribution < -0.4 is 0 Å². The molecule has 2 heterocycles. The fourth-order valence-electron chi connectivity index (χ4n) is 6.13. The average molecular weight is 723 g/mol. The van der Waals surface area contributed by atoms with Gasteiger partial charge in [-0.05, 0) is 16.7 Å². The van der Waals surface area contributed by atoms with Crippen molar-refractivity contribution < 1.29 is 62.1 Å². The third-order valence-electron chi connectivity index (χ3n) is 8.43. The molecular weight excluding hydrogens is 676 g/mol. The molecule has 2 aliphatic rings. The molecule has 9 atom stereocenters. The van der Waals surface area contributed by atoms with Crippen molar-refractivity contribution in [2.24, 2.45) is 0 Å². The summed E-state index contributed by atoms with van der Waals surface area (Å²) >= 11 is 0. The molecule has 2 fully saturated rings.